The van der Waals surface area contributed by atoms with Gasteiger partial charge in [0.05, 0.1) is 0 Å². The molecule has 1 aliphatic heterocycles. The van der Waals surface area contributed by atoms with Gasteiger partial charge in [-0.25, -0.2) is 0 Å². The van der Waals surface area contributed by atoms with Gasteiger partial charge < -0.3 is 15.1 Å². The van der Waals surface area contributed by atoms with Gasteiger partial charge in [-0.15, -0.1) is 0 Å². The SMILES string of the molecule is CN(C)c1cccc(C(=O)N2CCNc3ccccc3C2)c1. The Hall–Kier alpha value is -2.49. The van der Waals surface area contributed by atoms with E-state index in [1.54, 1.807) is 0 Å². The second kappa shape index (κ2) is 6.10. The Morgan fingerprint density at radius 3 is 2.77 bits per heavy atom. The number of rotatable bonds is 2. The molecule has 1 amide bonds. The Kier molecular flexibility index (Phi) is 4.00. The number of para-hydroxylation sites is 1. The van der Waals surface area contributed by atoms with Crippen molar-refractivity contribution >= 4 is 17.3 Å². The fourth-order valence-electron chi connectivity index (χ4n) is 2.71. The fourth-order valence-corrected chi connectivity index (χ4v) is 2.71. The molecule has 0 atom stereocenters. The number of anilines is 2. The third-order valence-electron chi connectivity index (χ3n) is 3.97. The van der Waals surface area contributed by atoms with Gasteiger partial charge in [-0.1, -0.05) is 24.3 Å². The molecule has 4 heteroatoms. The molecule has 22 heavy (non-hydrogen) atoms. The van der Waals surface area contributed by atoms with Crippen LogP contribution in [0, 0.1) is 0 Å². The lowest BCUT2D eigenvalue weighted by atomic mass is 10.1. The quantitative estimate of drug-likeness (QED) is 0.925. The van der Waals surface area contributed by atoms with Crippen molar-refractivity contribution < 1.29 is 4.79 Å². The highest BCUT2D eigenvalue weighted by molar-refractivity contribution is 5.95. The van der Waals surface area contributed by atoms with Gasteiger partial charge in [0.1, 0.15) is 0 Å². The third-order valence-corrected chi connectivity index (χ3v) is 3.97. The van der Waals surface area contributed by atoms with Crippen molar-refractivity contribution in [3.8, 4) is 0 Å². The Morgan fingerprint density at radius 2 is 1.95 bits per heavy atom. The molecule has 0 unspecified atom stereocenters. The molecule has 0 saturated heterocycles. The van der Waals surface area contributed by atoms with Gasteiger partial charge in [0.25, 0.3) is 5.91 Å². The van der Waals surface area contributed by atoms with Crippen molar-refractivity contribution in [1.29, 1.82) is 0 Å². The van der Waals surface area contributed by atoms with E-state index >= 15 is 0 Å². The number of nitrogens with zero attached hydrogens (tertiary/aromatic N) is 2. The average molecular weight is 295 g/mol. The molecule has 0 radical (unpaired) electrons. The second-order valence-corrected chi connectivity index (χ2v) is 5.76. The molecule has 1 heterocycles. The zero-order valence-electron chi connectivity index (χ0n) is 13.0. The number of hydrogen-bond donors (Lipinski definition) is 1. The van der Waals surface area contributed by atoms with Gasteiger partial charge >= 0.3 is 0 Å². The Morgan fingerprint density at radius 1 is 1.14 bits per heavy atom. The number of benzene rings is 2. The normalized spacial score (nSPS) is 13.8. The molecule has 0 aliphatic carbocycles. The van der Waals surface area contributed by atoms with Gasteiger partial charge in [-0.2, -0.15) is 0 Å². The largest absolute Gasteiger partial charge is 0.383 e. The van der Waals surface area contributed by atoms with Crippen LogP contribution < -0.4 is 10.2 Å². The standard InChI is InChI=1S/C18H21N3O/c1-20(2)16-8-5-7-14(12-16)18(22)21-11-10-19-17-9-4-3-6-15(17)13-21/h3-9,12,19H,10-11,13H2,1-2H3. The number of carbonyl (C=O) groups excluding carboxylic acids is 1. The van der Waals surface area contributed by atoms with Crippen LogP contribution in [-0.2, 0) is 6.54 Å². The van der Waals surface area contributed by atoms with Gasteiger partial charge in [0.15, 0.2) is 0 Å². The Bertz CT molecular complexity index is 682. The highest BCUT2D eigenvalue weighted by Gasteiger charge is 2.20. The summed E-state index contributed by atoms with van der Waals surface area (Å²) in [5.41, 5.74) is 4.07. The molecule has 0 spiro atoms. The summed E-state index contributed by atoms with van der Waals surface area (Å²) in [6, 6.07) is 16.0. The van der Waals surface area contributed by atoms with Crippen molar-refractivity contribution in [3.63, 3.8) is 0 Å². The number of amides is 1. The van der Waals surface area contributed by atoms with Crippen LogP contribution in [0.2, 0.25) is 0 Å². The molecular weight excluding hydrogens is 274 g/mol. The van der Waals surface area contributed by atoms with Crippen molar-refractivity contribution in [2.45, 2.75) is 6.54 Å². The molecule has 0 fully saturated rings. The van der Waals surface area contributed by atoms with Gasteiger partial charge in [0, 0.05) is 50.7 Å². The molecular formula is C18H21N3O. The first-order valence-corrected chi connectivity index (χ1v) is 7.53. The summed E-state index contributed by atoms with van der Waals surface area (Å²) in [7, 11) is 3.96. The highest BCUT2D eigenvalue weighted by atomic mass is 16.2. The smallest absolute Gasteiger partial charge is 0.254 e. The van der Waals surface area contributed by atoms with E-state index in [4.69, 9.17) is 0 Å². The lowest BCUT2D eigenvalue weighted by Gasteiger charge is -2.21. The zero-order valence-corrected chi connectivity index (χ0v) is 13.0. The summed E-state index contributed by atoms with van der Waals surface area (Å²) < 4.78 is 0. The number of nitrogens with one attached hydrogen (secondary N) is 1. The van der Waals surface area contributed by atoms with E-state index < -0.39 is 0 Å². The summed E-state index contributed by atoms with van der Waals surface area (Å²) >= 11 is 0. The van der Waals surface area contributed by atoms with Gasteiger partial charge in [-0.3, -0.25) is 4.79 Å². The van der Waals surface area contributed by atoms with E-state index in [9.17, 15) is 4.79 Å². The average Bonchev–Trinajstić information content (AvgIpc) is 2.76. The van der Waals surface area contributed by atoms with Crippen molar-refractivity contribution in [3.05, 3.63) is 59.7 Å². The van der Waals surface area contributed by atoms with Crippen LogP contribution in [0.5, 0.6) is 0 Å². The second-order valence-electron chi connectivity index (χ2n) is 5.76. The molecule has 0 bridgehead atoms. The van der Waals surface area contributed by atoms with E-state index in [-0.39, 0.29) is 5.91 Å². The van der Waals surface area contributed by atoms with Crippen LogP contribution in [0.4, 0.5) is 11.4 Å². The van der Waals surface area contributed by atoms with Gasteiger partial charge in [0.2, 0.25) is 0 Å². The zero-order chi connectivity index (χ0) is 15.5. The maximum atomic E-state index is 12.8. The lowest BCUT2D eigenvalue weighted by molar-refractivity contribution is 0.0753. The lowest BCUT2D eigenvalue weighted by Crippen LogP contribution is -2.32. The van der Waals surface area contributed by atoms with Crippen LogP contribution in [0.1, 0.15) is 15.9 Å². The van der Waals surface area contributed by atoms with Crippen molar-refractivity contribution in [2.24, 2.45) is 0 Å². The molecule has 0 aromatic heterocycles. The molecule has 1 aliphatic rings. The number of hydrogen-bond acceptors (Lipinski definition) is 3. The number of carbonyl (C=O) groups is 1. The van der Waals surface area contributed by atoms with Crippen molar-refractivity contribution in [2.75, 3.05) is 37.4 Å². The van der Waals surface area contributed by atoms with E-state index in [0.29, 0.717) is 13.1 Å². The maximum Gasteiger partial charge on any atom is 0.254 e. The third kappa shape index (κ3) is 2.91. The van der Waals surface area contributed by atoms with Crippen LogP contribution in [0.15, 0.2) is 48.5 Å². The highest BCUT2D eigenvalue weighted by Crippen LogP contribution is 2.22. The van der Waals surface area contributed by atoms with Crippen molar-refractivity contribution in [1.82, 2.24) is 4.90 Å². The number of fused-ring (bicyclic) bond motifs is 1. The topological polar surface area (TPSA) is 35.6 Å². The van der Waals surface area contributed by atoms with Crippen LogP contribution in [-0.4, -0.2) is 38.0 Å². The summed E-state index contributed by atoms with van der Waals surface area (Å²) in [6.45, 7) is 2.13. The molecule has 4 nitrogen and oxygen atoms in total. The fraction of sp³-hybridized carbons (Fsp3) is 0.278. The Balaban J connectivity index is 1.85. The summed E-state index contributed by atoms with van der Waals surface area (Å²) in [5.74, 6) is 0.0854. The Labute approximate surface area is 131 Å². The minimum absolute atomic E-state index is 0.0854. The predicted molar refractivity (Wildman–Crippen MR) is 90.4 cm³/mol. The van der Waals surface area contributed by atoms with Crippen LogP contribution >= 0.6 is 0 Å². The summed E-state index contributed by atoms with van der Waals surface area (Å²) in [4.78, 5) is 16.7. The first kappa shape index (κ1) is 14.4. The van der Waals surface area contributed by atoms with E-state index in [1.807, 2.05) is 60.3 Å². The molecule has 2 aromatic rings. The minimum Gasteiger partial charge on any atom is -0.383 e. The van der Waals surface area contributed by atoms with E-state index in [2.05, 4.69) is 17.4 Å². The predicted octanol–water partition coefficient (Wildman–Crippen LogP) is 2.82. The molecule has 0 saturated carbocycles. The van der Waals surface area contributed by atoms with Crippen LogP contribution in [0.25, 0.3) is 0 Å². The monoisotopic (exact) mass is 295 g/mol. The summed E-state index contributed by atoms with van der Waals surface area (Å²) in [5, 5.41) is 3.39. The molecule has 114 valence electrons. The first-order chi connectivity index (χ1) is 10.6. The molecule has 2 aromatic carbocycles. The van der Waals surface area contributed by atoms with Crippen LogP contribution in [0.3, 0.4) is 0 Å². The van der Waals surface area contributed by atoms with Gasteiger partial charge in [-0.05, 0) is 29.8 Å². The maximum absolute atomic E-state index is 12.8. The first-order valence-electron chi connectivity index (χ1n) is 7.53. The van der Waals surface area contributed by atoms with E-state index in [0.717, 1.165) is 29.0 Å². The van der Waals surface area contributed by atoms with E-state index in [1.165, 1.54) is 0 Å². The molecule has 1 N–H and O–H groups in total. The minimum atomic E-state index is 0.0854. The summed E-state index contributed by atoms with van der Waals surface area (Å²) in [6.07, 6.45) is 0. The molecule has 3 rings (SSSR count).